The highest BCUT2D eigenvalue weighted by atomic mass is 19.4. The average Bonchev–Trinajstić information content (AvgIpc) is 3.08. The molecule has 2 fully saturated rings. The fourth-order valence-electron chi connectivity index (χ4n) is 5.33. The van der Waals surface area contributed by atoms with Gasteiger partial charge in [0, 0.05) is 42.5 Å². The number of hydrogen-bond acceptors (Lipinski definition) is 3. The number of nitrogens with one attached hydrogen (secondary N) is 3. The van der Waals surface area contributed by atoms with Crippen molar-refractivity contribution in [3.05, 3.63) is 58.9 Å². The number of aromatic nitrogens is 1. The van der Waals surface area contributed by atoms with Crippen LogP contribution in [0.1, 0.15) is 52.7 Å². The highest BCUT2D eigenvalue weighted by Gasteiger charge is 2.53. The minimum atomic E-state index is -4.52. The lowest BCUT2D eigenvalue weighted by atomic mass is 9.79. The maximum atomic E-state index is 12.8. The number of nitrogens with zero attached hydrogens (tertiary/aromatic N) is 1. The van der Waals surface area contributed by atoms with Crippen molar-refractivity contribution in [2.24, 2.45) is 0 Å². The topological polar surface area (TPSA) is 77.2 Å². The molecule has 3 N–H and O–H groups in total. The summed E-state index contributed by atoms with van der Waals surface area (Å²) in [6.45, 7) is 1.31. The van der Waals surface area contributed by atoms with Gasteiger partial charge in [-0.05, 0) is 55.0 Å². The molecule has 1 aromatic heterocycles. The number of carbonyl (C=O) groups is 2. The zero-order chi connectivity index (χ0) is 22.5. The summed E-state index contributed by atoms with van der Waals surface area (Å²) in [5.74, 6) is -1.04. The van der Waals surface area contributed by atoms with Crippen LogP contribution in [0.5, 0.6) is 0 Å². The summed E-state index contributed by atoms with van der Waals surface area (Å²) in [7, 11) is 0. The van der Waals surface area contributed by atoms with E-state index >= 15 is 0 Å². The Labute approximate surface area is 183 Å². The van der Waals surface area contributed by atoms with Crippen molar-refractivity contribution >= 4 is 11.8 Å². The zero-order valence-corrected chi connectivity index (χ0v) is 17.5. The van der Waals surface area contributed by atoms with Crippen LogP contribution in [0.3, 0.4) is 0 Å². The molecule has 1 aromatic carbocycles. The van der Waals surface area contributed by atoms with Gasteiger partial charge in [0.15, 0.2) is 0 Å². The summed E-state index contributed by atoms with van der Waals surface area (Å²) in [4.78, 5) is 29.8. The predicted molar refractivity (Wildman–Crippen MR) is 111 cm³/mol. The molecule has 2 amide bonds. The van der Waals surface area contributed by atoms with Crippen LogP contribution >= 0.6 is 0 Å². The van der Waals surface area contributed by atoms with Gasteiger partial charge in [-0.1, -0.05) is 6.07 Å². The molecule has 32 heavy (non-hydrogen) atoms. The molecule has 6 nitrogen and oxygen atoms in total. The summed E-state index contributed by atoms with van der Waals surface area (Å²) in [6.07, 6.45) is 4.41. The molecule has 1 saturated heterocycles. The van der Waals surface area contributed by atoms with E-state index in [9.17, 15) is 22.8 Å². The number of rotatable bonds is 5. The molecule has 1 aliphatic heterocycles. The molecule has 2 heterocycles. The first-order chi connectivity index (χ1) is 15.3. The third kappa shape index (κ3) is 3.79. The number of likely N-dealkylation sites (tertiary alicyclic amines) is 1. The molecule has 0 unspecified atom stereocenters. The van der Waals surface area contributed by atoms with E-state index in [1.807, 2.05) is 0 Å². The van der Waals surface area contributed by atoms with E-state index in [1.54, 1.807) is 0 Å². The summed E-state index contributed by atoms with van der Waals surface area (Å²) in [5.41, 5.74) is 2.29. The maximum absolute atomic E-state index is 12.8. The average molecular weight is 446 g/mol. The van der Waals surface area contributed by atoms with Crippen molar-refractivity contribution in [2.75, 3.05) is 19.6 Å². The van der Waals surface area contributed by atoms with Crippen LogP contribution in [-0.4, -0.2) is 53.4 Å². The van der Waals surface area contributed by atoms with E-state index in [0.717, 1.165) is 38.1 Å². The zero-order valence-electron chi connectivity index (χ0n) is 17.5. The standard InChI is InChI=1S/C23H25F3N4O2/c24-23(25,26)15-3-1-2-14(8-15)21(32)28-11-20(31)29-16-12-30(13-16)17-4-6-22(7-5-17)18-9-27-10-19(18)22/h1-3,8-10,16-17,27H,4-7,11-13H2,(H,28,32)(H,29,31). The van der Waals surface area contributed by atoms with Crippen LogP contribution in [0.15, 0.2) is 36.7 Å². The number of H-pyrrole nitrogens is 1. The Balaban J connectivity index is 1.02. The number of alkyl halides is 3. The third-order valence-corrected chi connectivity index (χ3v) is 7.18. The van der Waals surface area contributed by atoms with Crippen molar-refractivity contribution in [1.29, 1.82) is 0 Å². The molecule has 0 bridgehead atoms. The molecule has 2 aromatic rings. The fraction of sp³-hybridized carbons (Fsp3) is 0.478. The Morgan fingerprint density at radius 2 is 1.81 bits per heavy atom. The fourth-order valence-corrected chi connectivity index (χ4v) is 5.33. The van der Waals surface area contributed by atoms with Gasteiger partial charge in [0.25, 0.3) is 5.91 Å². The second-order valence-electron chi connectivity index (χ2n) is 9.08. The van der Waals surface area contributed by atoms with E-state index < -0.39 is 17.6 Å². The first-order valence-electron chi connectivity index (χ1n) is 10.9. The van der Waals surface area contributed by atoms with Crippen molar-refractivity contribution < 1.29 is 22.8 Å². The summed E-state index contributed by atoms with van der Waals surface area (Å²) < 4.78 is 38.4. The van der Waals surface area contributed by atoms with Gasteiger partial charge in [-0.2, -0.15) is 13.2 Å². The second kappa shape index (κ2) is 7.65. The lowest BCUT2D eigenvalue weighted by Crippen LogP contribution is -2.63. The van der Waals surface area contributed by atoms with E-state index in [2.05, 4.69) is 32.9 Å². The Morgan fingerprint density at radius 3 is 2.47 bits per heavy atom. The van der Waals surface area contributed by atoms with E-state index in [0.29, 0.717) is 11.5 Å². The Hall–Kier alpha value is -2.81. The Kier molecular flexibility index (Phi) is 5.03. The first kappa shape index (κ1) is 21.1. The Morgan fingerprint density at radius 1 is 1.12 bits per heavy atom. The number of carbonyl (C=O) groups excluding carboxylic acids is 2. The lowest BCUT2D eigenvalue weighted by molar-refractivity contribution is -0.137. The minimum Gasteiger partial charge on any atom is -0.367 e. The molecule has 1 saturated carbocycles. The minimum absolute atomic E-state index is 0.0405. The summed E-state index contributed by atoms with van der Waals surface area (Å²) in [6, 6.07) is 4.74. The van der Waals surface area contributed by atoms with Gasteiger partial charge < -0.3 is 15.6 Å². The van der Waals surface area contributed by atoms with Gasteiger partial charge in [-0.25, -0.2) is 0 Å². The smallest absolute Gasteiger partial charge is 0.367 e. The maximum Gasteiger partial charge on any atom is 0.416 e. The SMILES string of the molecule is O=C(CNC(=O)c1cccc(C(F)(F)F)c1)NC1CN(C2CCC3(CC2)c2c[nH]cc23)C1. The molecule has 0 radical (unpaired) electrons. The number of benzene rings is 1. The van der Waals surface area contributed by atoms with Gasteiger partial charge in [0.1, 0.15) is 0 Å². The highest BCUT2D eigenvalue weighted by molar-refractivity contribution is 5.96. The quantitative estimate of drug-likeness (QED) is 0.661. The second-order valence-corrected chi connectivity index (χ2v) is 9.08. The number of amides is 2. The molecule has 9 heteroatoms. The molecule has 170 valence electrons. The van der Waals surface area contributed by atoms with Crippen LogP contribution in [0.4, 0.5) is 13.2 Å². The van der Waals surface area contributed by atoms with Gasteiger partial charge in [0.2, 0.25) is 5.91 Å². The molecular formula is C23H25F3N4O2. The molecule has 2 aliphatic carbocycles. The van der Waals surface area contributed by atoms with Gasteiger partial charge in [-0.15, -0.1) is 0 Å². The van der Waals surface area contributed by atoms with Crippen LogP contribution in [0, 0.1) is 0 Å². The van der Waals surface area contributed by atoms with Crippen LogP contribution in [-0.2, 0) is 16.4 Å². The van der Waals surface area contributed by atoms with Crippen molar-refractivity contribution in [1.82, 2.24) is 20.5 Å². The first-order valence-corrected chi connectivity index (χ1v) is 10.9. The van der Waals surface area contributed by atoms with Crippen molar-refractivity contribution in [3.63, 3.8) is 0 Å². The van der Waals surface area contributed by atoms with E-state index in [-0.39, 0.29) is 24.1 Å². The van der Waals surface area contributed by atoms with Gasteiger partial charge in [-0.3, -0.25) is 14.5 Å². The van der Waals surface area contributed by atoms with Crippen LogP contribution in [0.2, 0.25) is 0 Å². The number of hydrogen-bond donors (Lipinski definition) is 3. The monoisotopic (exact) mass is 446 g/mol. The predicted octanol–water partition coefficient (Wildman–Crippen LogP) is 2.81. The normalized spacial score (nSPS) is 20.5. The number of fused-ring (bicyclic) bond motifs is 3. The molecule has 0 atom stereocenters. The number of halogens is 3. The molecule has 3 aliphatic rings. The van der Waals surface area contributed by atoms with Crippen LogP contribution < -0.4 is 10.6 Å². The molecular weight excluding hydrogens is 421 g/mol. The Bertz CT molecular complexity index is 1010. The highest BCUT2D eigenvalue weighted by Crippen LogP contribution is 2.59. The van der Waals surface area contributed by atoms with Gasteiger partial charge in [0.05, 0.1) is 18.2 Å². The van der Waals surface area contributed by atoms with Crippen molar-refractivity contribution in [3.8, 4) is 0 Å². The molecule has 1 spiro atoms. The summed E-state index contributed by atoms with van der Waals surface area (Å²) >= 11 is 0. The molecule has 5 rings (SSSR count). The van der Waals surface area contributed by atoms with Gasteiger partial charge >= 0.3 is 6.18 Å². The number of aromatic amines is 1. The van der Waals surface area contributed by atoms with Crippen molar-refractivity contribution in [2.45, 2.75) is 49.4 Å². The van der Waals surface area contributed by atoms with Crippen LogP contribution in [0.25, 0.3) is 0 Å². The van der Waals surface area contributed by atoms with E-state index in [4.69, 9.17) is 0 Å². The lowest BCUT2D eigenvalue weighted by Gasteiger charge is -2.47. The third-order valence-electron chi connectivity index (χ3n) is 7.18. The largest absolute Gasteiger partial charge is 0.416 e. The van der Waals surface area contributed by atoms with E-state index in [1.165, 1.54) is 36.1 Å². The summed E-state index contributed by atoms with van der Waals surface area (Å²) in [5, 5.41) is 5.28.